The maximum Gasteiger partial charge on any atom is 0.0781 e. The molecule has 2 rings (SSSR count). The third kappa shape index (κ3) is 3.40. The summed E-state index contributed by atoms with van der Waals surface area (Å²) in [5.74, 6) is 0.458. The lowest BCUT2D eigenvalue weighted by molar-refractivity contribution is 0.200. The average molecular weight is 269 g/mol. The molecule has 0 heterocycles. The fraction of sp³-hybridized carbons (Fsp3) is 0.333. The van der Waals surface area contributed by atoms with Gasteiger partial charge in [0.05, 0.1) is 12.1 Å². The van der Waals surface area contributed by atoms with Gasteiger partial charge in [0.1, 0.15) is 0 Å². The molecule has 106 valence electrons. The number of hydrogen-bond acceptors (Lipinski definition) is 2. The van der Waals surface area contributed by atoms with Crippen molar-refractivity contribution in [3.05, 3.63) is 65.7 Å². The summed E-state index contributed by atoms with van der Waals surface area (Å²) in [4.78, 5) is 0. The van der Waals surface area contributed by atoms with Crippen LogP contribution < -0.4 is 5.32 Å². The number of benzene rings is 2. The zero-order chi connectivity index (χ0) is 14.5. The fourth-order valence-corrected chi connectivity index (χ4v) is 2.46. The molecule has 0 saturated heterocycles. The number of rotatable bonds is 5. The highest BCUT2D eigenvalue weighted by molar-refractivity contribution is 5.53. The largest absolute Gasteiger partial charge is 0.389 e. The van der Waals surface area contributed by atoms with E-state index in [1.54, 1.807) is 6.92 Å². The third-order valence-corrected chi connectivity index (χ3v) is 3.55. The van der Waals surface area contributed by atoms with Gasteiger partial charge in [0.2, 0.25) is 0 Å². The van der Waals surface area contributed by atoms with E-state index in [2.05, 4.69) is 43.4 Å². The van der Waals surface area contributed by atoms with Gasteiger partial charge in [0, 0.05) is 11.3 Å². The zero-order valence-corrected chi connectivity index (χ0v) is 12.4. The second-order valence-electron chi connectivity index (χ2n) is 5.54. The summed E-state index contributed by atoms with van der Waals surface area (Å²) in [5.41, 5.74) is 3.21. The van der Waals surface area contributed by atoms with E-state index in [9.17, 15) is 5.11 Å². The van der Waals surface area contributed by atoms with Gasteiger partial charge in [-0.25, -0.2) is 0 Å². The molecule has 2 aromatic rings. The van der Waals surface area contributed by atoms with E-state index in [0.717, 1.165) is 11.3 Å². The lowest BCUT2D eigenvalue weighted by Gasteiger charge is -2.26. The van der Waals surface area contributed by atoms with Gasteiger partial charge in [-0.1, -0.05) is 62.4 Å². The van der Waals surface area contributed by atoms with E-state index in [-0.39, 0.29) is 6.04 Å². The Balaban J connectivity index is 2.30. The van der Waals surface area contributed by atoms with Crippen molar-refractivity contribution in [3.8, 4) is 0 Å². The SMILES string of the molecule is CC(O)c1ccccc1NC(c1ccccc1)C(C)C. The first-order valence-corrected chi connectivity index (χ1v) is 7.18. The summed E-state index contributed by atoms with van der Waals surface area (Å²) in [5, 5.41) is 13.5. The molecule has 2 unspecified atom stereocenters. The molecule has 0 saturated carbocycles. The van der Waals surface area contributed by atoms with Crippen molar-refractivity contribution in [1.29, 1.82) is 0 Å². The molecule has 0 aliphatic heterocycles. The van der Waals surface area contributed by atoms with Gasteiger partial charge in [-0.3, -0.25) is 0 Å². The van der Waals surface area contributed by atoms with Gasteiger partial charge < -0.3 is 10.4 Å². The molecule has 0 amide bonds. The monoisotopic (exact) mass is 269 g/mol. The Morgan fingerprint density at radius 1 is 0.850 bits per heavy atom. The summed E-state index contributed by atoms with van der Waals surface area (Å²) >= 11 is 0. The molecule has 0 aliphatic rings. The lowest BCUT2D eigenvalue weighted by Crippen LogP contribution is -2.18. The van der Waals surface area contributed by atoms with E-state index in [1.807, 2.05) is 30.3 Å². The Kier molecular flexibility index (Phi) is 4.80. The van der Waals surface area contributed by atoms with Crippen molar-refractivity contribution in [2.45, 2.75) is 32.9 Å². The highest BCUT2D eigenvalue weighted by Gasteiger charge is 2.17. The van der Waals surface area contributed by atoms with Gasteiger partial charge >= 0.3 is 0 Å². The van der Waals surface area contributed by atoms with E-state index in [0.29, 0.717) is 5.92 Å². The Labute approximate surface area is 121 Å². The van der Waals surface area contributed by atoms with Crippen molar-refractivity contribution in [2.75, 3.05) is 5.32 Å². The number of aliphatic hydroxyl groups is 1. The van der Waals surface area contributed by atoms with Gasteiger partial charge in [0.15, 0.2) is 0 Å². The summed E-state index contributed by atoms with van der Waals surface area (Å²) in [6.45, 7) is 6.21. The molecule has 2 aromatic carbocycles. The summed E-state index contributed by atoms with van der Waals surface area (Å²) in [6.07, 6.45) is -0.470. The van der Waals surface area contributed by atoms with Crippen molar-refractivity contribution in [2.24, 2.45) is 5.92 Å². The second kappa shape index (κ2) is 6.58. The zero-order valence-electron chi connectivity index (χ0n) is 12.4. The van der Waals surface area contributed by atoms with E-state index >= 15 is 0 Å². The third-order valence-electron chi connectivity index (χ3n) is 3.55. The minimum absolute atomic E-state index is 0.232. The van der Waals surface area contributed by atoms with Crippen LogP contribution in [0.5, 0.6) is 0 Å². The van der Waals surface area contributed by atoms with Crippen LogP contribution in [0.25, 0.3) is 0 Å². The van der Waals surface area contributed by atoms with Crippen molar-refractivity contribution < 1.29 is 5.11 Å². The van der Waals surface area contributed by atoms with Crippen LogP contribution >= 0.6 is 0 Å². The maximum absolute atomic E-state index is 9.89. The number of para-hydroxylation sites is 1. The van der Waals surface area contributed by atoms with Gasteiger partial charge in [0.25, 0.3) is 0 Å². The van der Waals surface area contributed by atoms with Crippen LogP contribution in [0.2, 0.25) is 0 Å². The average Bonchev–Trinajstić information content (AvgIpc) is 2.45. The highest BCUT2D eigenvalue weighted by Crippen LogP contribution is 2.30. The van der Waals surface area contributed by atoms with Gasteiger partial charge in [-0.2, -0.15) is 0 Å². The Morgan fingerprint density at radius 2 is 1.45 bits per heavy atom. The standard InChI is InChI=1S/C18H23NO/c1-13(2)18(15-9-5-4-6-10-15)19-17-12-8-7-11-16(17)14(3)20/h4-14,18-20H,1-3H3. The van der Waals surface area contributed by atoms with Crippen molar-refractivity contribution in [3.63, 3.8) is 0 Å². The summed E-state index contributed by atoms with van der Waals surface area (Å²) < 4.78 is 0. The quantitative estimate of drug-likeness (QED) is 0.834. The predicted molar refractivity (Wildman–Crippen MR) is 84.7 cm³/mol. The van der Waals surface area contributed by atoms with Crippen LogP contribution in [0, 0.1) is 5.92 Å². The molecule has 20 heavy (non-hydrogen) atoms. The molecule has 2 heteroatoms. The van der Waals surface area contributed by atoms with E-state index < -0.39 is 6.10 Å². The smallest absolute Gasteiger partial charge is 0.0781 e. The Bertz CT molecular complexity index is 534. The predicted octanol–water partition coefficient (Wildman–Crippen LogP) is 4.55. The molecular formula is C18H23NO. The molecule has 0 aromatic heterocycles. The molecule has 0 aliphatic carbocycles. The molecule has 0 spiro atoms. The first-order chi connectivity index (χ1) is 9.59. The molecular weight excluding hydrogens is 246 g/mol. The Morgan fingerprint density at radius 3 is 2.05 bits per heavy atom. The number of hydrogen-bond donors (Lipinski definition) is 2. The molecule has 2 atom stereocenters. The van der Waals surface area contributed by atoms with Crippen LogP contribution in [0.3, 0.4) is 0 Å². The van der Waals surface area contributed by atoms with E-state index in [1.165, 1.54) is 5.56 Å². The minimum Gasteiger partial charge on any atom is -0.389 e. The molecule has 0 radical (unpaired) electrons. The molecule has 0 fully saturated rings. The van der Waals surface area contributed by atoms with Gasteiger partial charge in [-0.05, 0) is 24.5 Å². The van der Waals surface area contributed by atoms with Crippen LogP contribution in [0.4, 0.5) is 5.69 Å². The first kappa shape index (κ1) is 14.6. The summed E-state index contributed by atoms with van der Waals surface area (Å²) in [6, 6.07) is 18.6. The number of anilines is 1. The fourth-order valence-electron chi connectivity index (χ4n) is 2.46. The van der Waals surface area contributed by atoms with E-state index in [4.69, 9.17) is 0 Å². The topological polar surface area (TPSA) is 32.3 Å². The number of aliphatic hydroxyl groups excluding tert-OH is 1. The first-order valence-electron chi connectivity index (χ1n) is 7.18. The summed E-state index contributed by atoms with van der Waals surface area (Å²) in [7, 11) is 0. The minimum atomic E-state index is -0.470. The number of nitrogens with one attached hydrogen (secondary N) is 1. The van der Waals surface area contributed by atoms with Crippen LogP contribution in [0.15, 0.2) is 54.6 Å². The van der Waals surface area contributed by atoms with Gasteiger partial charge in [-0.15, -0.1) is 0 Å². The molecule has 2 N–H and O–H groups in total. The van der Waals surface area contributed by atoms with Crippen LogP contribution in [-0.2, 0) is 0 Å². The normalized spacial score (nSPS) is 14.1. The van der Waals surface area contributed by atoms with Crippen molar-refractivity contribution >= 4 is 5.69 Å². The van der Waals surface area contributed by atoms with Crippen LogP contribution in [-0.4, -0.2) is 5.11 Å². The maximum atomic E-state index is 9.89. The van der Waals surface area contributed by atoms with Crippen molar-refractivity contribution in [1.82, 2.24) is 0 Å². The lowest BCUT2D eigenvalue weighted by atomic mass is 9.95. The molecule has 0 bridgehead atoms. The van der Waals surface area contributed by atoms with Crippen LogP contribution in [0.1, 0.15) is 44.0 Å². The molecule has 2 nitrogen and oxygen atoms in total. The second-order valence-corrected chi connectivity index (χ2v) is 5.54. The highest BCUT2D eigenvalue weighted by atomic mass is 16.3. The Hall–Kier alpha value is -1.80.